The molecule has 0 N–H and O–H groups in total. The van der Waals surface area contributed by atoms with Crippen LogP contribution in [-0.4, -0.2) is 17.1 Å². The maximum Gasteiger partial charge on any atom is 0.338 e. The van der Waals surface area contributed by atoms with E-state index in [0.29, 0.717) is 22.2 Å². The van der Waals surface area contributed by atoms with Crippen LogP contribution in [0.15, 0.2) is 72.9 Å². The van der Waals surface area contributed by atoms with Gasteiger partial charge in [0.05, 0.1) is 28.4 Å². The Balaban J connectivity index is 1.80. The largest absolute Gasteiger partial charge is 0.462 e. The second-order valence-corrected chi connectivity index (χ2v) is 7.20. The van der Waals surface area contributed by atoms with Gasteiger partial charge in [-0.3, -0.25) is 0 Å². The van der Waals surface area contributed by atoms with Crippen LogP contribution in [0, 0.1) is 0 Å². The average molecular weight is 410 g/mol. The molecular weight excluding hydrogens is 393 g/mol. The molecule has 3 nitrogen and oxygen atoms in total. The van der Waals surface area contributed by atoms with Crippen LogP contribution in [0.5, 0.6) is 0 Å². The van der Waals surface area contributed by atoms with E-state index in [-0.39, 0.29) is 5.97 Å². The lowest BCUT2D eigenvalue weighted by Crippen LogP contribution is -2.04. The molecule has 0 atom stereocenters. The minimum absolute atomic E-state index is 0.318. The Morgan fingerprint density at radius 2 is 1.79 bits per heavy atom. The SMILES string of the molecule is CCOC(=O)c1cccc(-c2ccc3ccn(-c4ccc(Cl)cc4Cl)c3c2)c1. The standard InChI is InChI=1S/C23H17Cl2NO2/c1-2-28-23(27)18-5-3-4-16(12-18)17-7-6-15-10-11-26(22(15)13-17)21-9-8-19(24)14-20(21)25/h3-14H,2H2,1H3. The third-order valence-electron chi connectivity index (χ3n) is 4.57. The number of ether oxygens (including phenoxy) is 1. The molecule has 0 aliphatic carbocycles. The molecular formula is C23H17Cl2NO2. The molecule has 0 radical (unpaired) electrons. The molecule has 0 amide bonds. The molecule has 0 saturated heterocycles. The van der Waals surface area contributed by atoms with Crippen molar-refractivity contribution in [3.63, 3.8) is 0 Å². The van der Waals surface area contributed by atoms with E-state index in [2.05, 4.69) is 12.1 Å². The molecule has 4 aromatic rings. The van der Waals surface area contributed by atoms with E-state index in [0.717, 1.165) is 27.7 Å². The van der Waals surface area contributed by atoms with E-state index in [1.165, 1.54) is 0 Å². The molecule has 140 valence electrons. The van der Waals surface area contributed by atoms with Crippen molar-refractivity contribution in [2.45, 2.75) is 6.92 Å². The number of benzene rings is 3. The number of hydrogen-bond acceptors (Lipinski definition) is 2. The summed E-state index contributed by atoms with van der Waals surface area (Å²) in [6, 6.07) is 21.1. The lowest BCUT2D eigenvalue weighted by molar-refractivity contribution is 0.0526. The lowest BCUT2D eigenvalue weighted by atomic mass is 10.0. The first-order chi connectivity index (χ1) is 13.6. The van der Waals surface area contributed by atoms with Gasteiger partial charge in [-0.25, -0.2) is 4.79 Å². The Bertz CT molecular complexity index is 1180. The van der Waals surface area contributed by atoms with Gasteiger partial charge in [-0.05, 0) is 65.9 Å². The number of aromatic nitrogens is 1. The highest BCUT2D eigenvalue weighted by atomic mass is 35.5. The Labute approximate surface area is 173 Å². The molecule has 3 aromatic carbocycles. The molecule has 5 heteroatoms. The Morgan fingerprint density at radius 1 is 0.964 bits per heavy atom. The molecule has 4 rings (SSSR count). The molecule has 1 heterocycles. The molecule has 28 heavy (non-hydrogen) atoms. The van der Waals surface area contributed by atoms with E-state index in [1.54, 1.807) is 19.1 Å². The first-order valence-corrected chi connectivity index (χ1v) is 9.66. The van der Waals surface area contributed by atoms with Crippen LogP contribution in [0.2, 0.25) is 10.0 Å². The van der Waals surface area contributed by atoms with Gasteiger partial charge in [0.2, 0.25) is 0 Å². The maximum atomic E-state index is 12.1. The average Bonchev–Trinajstić information content (AvgIpc) is 3.11. The van der Waals surface area contributed by atoms with Gasteiger partial charge in [0, 0.05) is 11.2 Å². The van der Waals surface area contributed by atoms with Crippen molar-refractivity contribution < 1.29 is 9.53 Å². The quantitative estimate of drug-likeness (QED) is 0.347. The topological polar surface area (TPSA) is 31.2 Å². The number of fused-ring (bicyclic) bond motifs is 1. The molecule has 0 aliphatic heterocycles. The van der Waals surface area contributed by atoms with Crippen LogP contribution >= 0.6 is 23.2 Å². The van der Waals surface area contributed by atoms with Gasteiger partial charge in [-0.1, -0.05) is 47.5 Å². The molecule has 0 unspecified atom stereocenters. The lowest BCUT2D eigenvalue weighted by Gasteiger charge is -2.10. The monoisotopic (exact) mass is 409 g/mol. The van der Waals surface area contributed by atoms with Gasteiger partial charge in [-0.2, -0.15) is 0 Å². The molecule has 0 spiro atoms. The number of carbonyl (C=O) groups is 1. The molecule has 0 bridgehead atoms. The van der Waals surface area contributed by atoms with Crippen LogP contribution in [-0.2, 0) is 4.74 Å². The van der Waals surface area contributed by atoms with Crippen LogP contribution < -0.4 is 0 Å². The van der Waals surface area contributed by atoms with E-state index in [9.17, 15) is 4.79 Å². The molecule has 0 saturated carbocycles. The summed E-state index contributed by atoms with van der Waals surface area (Å²) in [4.78, 5) is 12.1. The van der Waals surface area contributed by atoms with E-state index < -0.39 is 0 Å². The first kappa shape index (κ1) is 18.6. The summed E-state index contributed by atoms with van der Waals surface area (Å²) in [5.74, 6) is -0.318. The van der Waals surface area contributed by atoms with Crippen molar-refractivity contribution in [2.24, 2.45) is 0 Å². The summed E-state index contributed by atoms with van der Waals surface area (Å²) in [5, 5.41) is 2.28. The van der Waals surface area contributed by atoms with Gasteiger partial charge < -0.3 is 9.30 Å². The smallest absolute Gasteiger partial charge is 0.338 e. The third kappa shape index (κ3) is 3.51. The van der Waals surface area contributed by atoms with Crippen molar-refractivity contribution in [2.75, 3.05) is 6.61 Å². The minimum atomic E-state index is -0.318. The van der Waals surface area contributed by atoms with Gasteiger partial charge in [-0.15, -0.1) is 0 Å². The summed E-state index contributed by atoms with van der Waals surface area (Å²) >= 11 is 12.4. The summed E-state index contributed by atoms with van der Waals surface area (Å²) in [7, 11) is 0. The molecule has 0 aliphatic rings. The maximum absolute atomic E-state index is 12.1. The Kier molecular flexibility index (Phi) is 5.12. The van der Waals surface area contributed by atoms with Gasteiger partial charge in [0.25, 0.3) is 0 Å². The van der Waals surface area contributed by atoms with Crippen molar-refractivity contribution in [1.82, 2.24) is 4.57 Å². The van der Waals surface area contributed by atoms with E-state index in [4.69, 9.17) is 27.9 Å². The Hall–Kier alpha value is -2.75. The number of halogens is 2. The number of hydrogen-bond donors (Lipinski definition) is 0. The fourth-order valence-electron chi connectivity index (χ4n) is 3.23. The number of rotatable bonds is 4. The van der Waals surface area contributed by atoms with Crippen LogP contribution in [0.25, 0.3) is 27.7 Å². The summed E-state index contributed by atoms with van der Waals surface area (Å²) in [5.41, 5.74) is 4.36. The number of esters is 1. The molecule has 1 aromatic heterocycles. The van der Waals surface area contributed by atoms with Crippen LogP contribution in [0.4, 0.5) is 0 Å². The second kappa shape index (κ2) is 7.70. The summed E-state index contributed by atoms with van der Waals surface area (Å²) < 4.78 is 7.14. The van der Waals surface area contributed by atoms with Gasteiger partial charge in [0.1, 0.15) is 0 Å². The zero-order chi connectivity index (χ0) is 19.7. The van der Waals surface area contributed by atoms with Crippen LogP contribution in [0.3, 0.4) is 0 Å². The number of nitrogens with zero attached hydrogens (tertiary/aromatic N) is 1. The van der Waals surface area contributed by atoms with E-state index >= 15 is 0 Å². The van der Waals surface area contributed by atoms with Crippen molar-refractivity contribution >= 4 is 40.1 Å². The second-order valence-electron chi connectivity index (χ2n) is 6.36. The first-order valence-electron chi connectivity index (χ1n) is 8.91. The summed E-state index contributed by atoms with van der Waals surface area (Å²) in [6.07, 6.45) is 1.98. The Morgan fingerprint density at radius 3 is 2.57 bits per heavy atom. The predicted molar refractivity (Wildman–Crippen MR) is 115 cm³/mol. The summed E-state index contributed by atoms with van der Waals surface area (Å²) in [6.45, 7) is 2.15. The normalized spacial score (nSPS) is 11.0. The van der Waals surface area contributed by atoms with Gasteiger partial charge in [0.15, 0.2) is 0 Å². The van der Waals surface area contributed by atoms with Crippen LogP contribution in [0.1, 0.15) is 17.3 Å². The highest BCUT2D eigenvalue weighted by molar-refractivity contribution is 6.35. The van der Waals surface area contributed by atoms with Crippen molar-refractivity contribution in [3.05, 3.63) is 88.5 Å². The highest BCUT2D eigenvalue weighted by Gasteiger charge is 2.11. The zero-order valence-corrected chi connectivity index (χ0v) is 16.7. The third-order valence-corrected chi connectivity index (χ3v) is 5.11. The van der Waals surface area contributed by atoms with Crippen molar-refractivity contribution in [3.8, 4) is 16.8 Å². The van der Waals surface area contributed by atoms with Crippen molar-refractivity contribution in [1.29, 1.82) is 0 Å². The minimum Gasteiger partial charge on any atom is -0.462 e. The fraction of sp³-hybridized carbons (Fsp3) is 0.0870. The number of carbonyl (C=O) groups excluding carboxylic acids is 1. The predicted octanol–water partition coefficient (Wildman–Crippen LogP) is 6.78. The highest BCUT2D eigenvalue weighted by Crippen LogP contribution is 2.31. The fourth-order valence-corrected chi connectivity index (χ4v) is 3.73. The van der Waals surface area contributed by atoms with Gasteiger partial charge >= 0.3 is 5.97 Å². The van der Waals surface area contributed by atoms with E-state index in [1.807, 2.05) is 53.2 Å². The zero-order valence-electron chi connectivity index (χ0n) is 15.2. The molecule has 0 fully saturated rings.